The topological polar surface area (TPSA) is 79.8 Å². The van der Waals surface area contributed by atoms with Crippen molar-refractivity contribution >= 4 is 17.5 Å². The van der Waals surface area contributed by atoms with Crippen molar-refractivity contribution in [1.82, 2.24) is 4.98 Å². The molecule has 0 saturated heterocycles. The SMILES string of the molecule is N#CC(c1nc(-c2ccccc2F)c(Cl)cc1C(N)=O)(C1CC1)C1CC1. The summed E-state index contributed by atoms with van der Waals surface area (Å²) in [6.45, 7) is 0. The molecule has 0 radical (unpaired) electrons. The fraction of sp³-hybridized carbons (Fsp3) is 0.350. The molecule has 0 atom stereocenters. The van der Waals surface area contributed by atoms with Crippen molar-refractivity contribution < 1.29 is 9.18 Å². The van der Waals surface area contributed by atoms with Crippen LogP contribution in [-0.2, 0) is 5.41 Å². The molecule has 0 spiro atoms. The van der Waals surface area contributed by atoms with Crippen molar-refractivity contribution in [3.63, 3.8) is 0 Å². The number of aromatic nitrogens is 1. The van der Waals surface area contributed by atoms with E-state index >= 15 is 0 Å². The number of amides is 1. The molecule has 0 aliphatic heterocycles. The van der Waals surface area contributed by atoms with Gasteiger partial charge in [0, 0.05) is 5.56 Å². The number of carbonyl (C=O) groups excluding carboxylic acids is 1. The third kappa shape index (κ3) is 2.57. The Labute approximate surface area is 155 Å². The predicted octanol–water partition coefficient (Wildman–Crippen LogP) is 4.22. The first-order valence-corrected chi connectivity index (χ1v) is 9.03. The maximum absolute atomic E-state index is 14.3. The molecule has 0 unspecified atom stereocenters. The molecule has 0 bridgehead atoms. The first kappa shape index (κ1) is 17.0. The lowest BCUT2D eigenvalue weighted by Gasteiger charge is -2.28. The Morgan fingerprint density at radius 3 is 2.38 bits per heavy atom. The first-order chi connectivity index (χ1) is 12.5. The van der Waals surface area contributed by atoms with Crippen LogP contribution < -0.4 is 5.73 Å². The van der Waals surface area contributed by atoms with Gasteiger partial charge in [-0.2, -0.15) is 5.26 Å². The van der Waals surface area contributed by atoms with Crippen LogP contribution in [0.4, 0.5) is 4.39 Å². The molecule has 4 rings (SSSR count). The van der Waals surface area contributed by atoms with Crippen LogP contribution in [0.3, 0.4) is 0 Å². The number of nitrogens with zero attached hydrogens (tertiary/aromatic N) is 2. The maximum Gasteiger partial charge on any atom is 0.250 e. The molecule has 132 valence electrons. The average molecular weight is 370 g/mol. The van der Waals surface area contributed by atoms with Gasteiger partial charge >= 0.3 is 0 Å². The summed E-state index contributed by atoms with van der Waals surface area (Å²) < 4.78 is 14.3. The second kappa shape index (κ2) is 6.07. The number of rotatable bonds is 5. The molecule has 2 saturated carbocycles. The smallest absolute Gasteiger partial charge is 0.250 e. The molecule has 2 aromatic rings. The largest absolute Gasteiger partial charge is 0.366 e. The number of hydrogen-bond acceptors (Lipinski definition) is 3. The van der Waals surface area contributed by atoms with Crippen LogP contribution in [0.5, 0.6) is 0 Å². The zero-order valence-corrected chi connectivity index (χ0v) is 14.8. The van der Waals surface area contributed by atoms with Crippen molar-refractivity contribution in [3.05, 3.63) is 52.4 Å². The number of nitrogens with two attached hydrogens (primary N) is 1. The first-order valence-electron chi connectivity index (χ1n) is 8.66. The zero-order valence-electron chi connectivity index (χ0n) is 14.0. The predicted molar refractivity (Wildman–Crippen MR) is 95.9 cm³/mol. The van der Waals surface area contributed by atoms with Gasteiger partial charge in [0.2, 0.25) is 0 Å². The summed E-state index contributed by atoms with van der Waals surface area (Å²) in [5, 5.41) is 10.2. The normalized spacial score (nSPS) is 17.0. The number of hydrogen-bond donors (Lipinski definition) is 1. The standard InChI is InChI=1S/C20H17ClFN3O/c21-15-9-14(19(24)26)18(20(10-23,11-5-6-11)12-7-8-12)25-17(15)13-3-1-2-4-16(13)22/h1-4,9,11-12H,5-8H2,(H2,24,26). The fourth-order valence-electron chi connectivity index (χ4n) is 3.87. The van der Waals surface area contributed by atoms with Crippen molar-refractivity contribution in [2.24, 2.45) is 17.6 Å². The van der Waals surface area contributed by atoms with E-state index in [1.54, 1.807) is 18.2 Å². The van der Waals surface area contributed by atoms with E-state index in [9.17, 15) is 14.4 Å². The Kier molecular flexibility index (Phi) is 3.96. The van der Waals surface area contributed by atoms with Crippen LogP contribution in [0.15, 0.2) is 30.3 Å². The highest BCUT2D eigenvalue weighted by Gasteiger charge is 2.58. The zero-order chi connectivity index (χ0) is 18.5. The highest BCUT2D eigenvalue weighted by atomic mass is 35.5. The van der Waals surface area contributed by atoms with E-state index in [1.165, 1.54) is 12.1 Å². The molecule has 4 nitrogen and oxygen atoms in total. The average Bonchev–Trinajstić information content (AvgIpc) is 3.50. The van der Waals surface area contributed by atoms with Crippen LogP contribution in [0.25, 0.3) is 11.3 Å². The minimum atomic E-state index is -0.852. The van der Waals surface area contributed by atoms with Crippen LogP contribution >= 0.6 is 11.6 Å². The third-order valence-corrected chi connectivity index (χ3v) is 5.68. The van der Waals surface area contributed by atoms with Crippen molar-refractivity contribution in [1.29, 1.82) is 5.26 Å². The highest BCUT2D eigenvalue weighted by Crippen LogP contribution is 2.59. The fourth-order valence-corrected chi connectivity index (χ4v) is 4.12. The summed E-state index contributed by atoms with van der Waals surface area (Å²) in [6.07, 6.45) is 3.67. The van der Waals surface area contributed by atoms with Gasteiger partial charge in [-0.25, -0.2) is 9.37 Å². The van der Waals surface area contributed by atoms with Gasteiger partial charge in [-0.3, -0.25) is 4.79 Å². The van der Waals surface area contributed by atoms with Gasteiger partial charge in [-0.05, 0) is 55.7 Å². The van der Waals surface area contributed by atoms with Crippen molar-refractivity contribution in [3.8, 4) is 17.3 Å². The number of pyridine rings is 1. The quantitative estimate of drug-likeness (QED) is 0.856. The lowest BCUT2D eigenvalue weighted by Crippen LogP contribution is -2.34. The van der Waals surface area contributed by atoms with E-state index in [0.29, 0.717) is 5.69 Å². The minimum Gasteiger partial charge on any atom is -0.366 e. The van der Waals surface area contributed by atoms with Gasteiger partial charge < -0.3 is 5.73 Å². The van der Waals surface area contributed by atoms with E-state index in [2.05, 4.69) is 11.1 Å². The summed E-state index contributed by atoms with van der Waals surface area (Å²) in [6, 6.07) is 10.1. The summed E-state index contributed by atoms with van der Waals surface area (Å²) in [7, 11) is 0. The van der Waals surface area contributed by atoms with E-state index < -0.39 is 17.1 Å². The summed E-state index contributed by atoms with van der Waals surface area (Å²) >= 11 is 6.32. The van der Waals surface area contributed by atoms with E-state index in [-0.39, 0.29) is 33.7 Å². The third-order valence-electron chi connectivity index (χ3n) is 5.39. The molecule has 1 aromatic heterocycles. The van der Waals surface area contributed by atoms with Gasteiger partial charge in [0.1, 0.15) is 11.2 Å². The van der Waals surface area contributed by atoms with Crippen LogP contribution in [0, 0.1) is 29.0 Å². The summed E-state index contributed by atoms with van der Waals surface area (Å²) in [4.78, 5) is 16.7. The second-order valence-corrected chi connectivity index (χ2v) is 7.50. The Balaban J connectivity index is 1.99. The van der Waals surface area contributed by atoms with E-state index in [1.807, 2.05) is 0 Å². The minimum absolute atomic E-state index is 0.145. The Morgan fingerprint density at radius 1 is 1.27 bits per heavy atom. The molecule has 2 aliphatic rings. The number of primary amides is 1. The molecule has 26 heavy (non-hydrogen) atoms. The van der Waals surface area contributed by atoms with Gasteiger partial charge in [0.05, 0.1) is 28.0 Å². The van der Waals surface area contributed by atoms with Crippen molar-refractivity contribution in [2.75, 3.05) is 0 Å². The number of halogens is 2. The molecule has 1 aromatic carbocycles. The monoisotopic (exact) mass is 369 g/mol. The molecule has 2 fully saturated rings. The molecule has 6 heteroatoms. The van der Waals surface area contributed by atoms with E-state index in [4.69, 9.17) is 17.3 Å². The summed E-state index contributed by atoms with van der Waals surface area (Å²) in [5.74, 6) is -0.823. The number of benzene rings is 1. The lowest BCUT2D eigenvalue weighted by molar-refractivity contribution is 0.0997. The number of nitriles is 1. The van der Waals surface area contributed by atoms with Crippen LogP contribution in [0.1, 0.15) is 41.7 Å². The Hall–Kier alpha value is -2.45. The summed E-state index contributed by atoms with van der Waals surface area (Å²) in [5.41, 5.74) is 5.73. The molecule has 2 aliphatic carbocycles. The van der Waals surface area contributed by atoms with E-state index in [0.717, 1.165) is 25.7 Å². The second-order valence-electron chi connectivity index (χ2n) is 7.09. The lowest BCUT2D eigenvalue weighted by atomic mass is 9.74. The molecule has 2 N–H and O–H groups in total. The van der Waals surface area contributed by atoms with Gasteiger partial charge in [0.25, 0.3) is 5.91 Å². The molecular weight excluding hydrogens is 353 g/mol. The maximum atomic E-state index is 14.3. The highest BCUT2D eigenvalue weighted by molar-refractivity contribution is 6.33. The Bertz CT molecular complexity index is 933. The van der Waals surface area contributed by atoms with Gasteiger partial charge in [-0.15, -0.1) is 0 Å². The van der Waals surface area contributed by atoms with Gasteiger partial charge in [-0.1, -0.05) is 23.7 Å². The van der Waals surface area contributed by atoms with Crippen molar-refractivity contribution in [2.45, 2.75) is 31.1 Å². The molecule has 1 amide bonds. The van der Waals surface area contributed by atoms with Crippen LogP contribution in [-0.4, -0.2) is 10.9 Å². The Morgan fingerprint density at radius 2 is 1.88 bits per heavy atom. The van der Waals surface area contributed by atoms with Gasteiger partial charge in [0.15, 0.2) is 0 Å². The van der Waals surface area contributed by atoms with Crippen LogP contribution in [0.2, 0.25) is 5.02 Å². The molecular formula is C20H17ClFN3O. The number of carbonyl (C=O) groups is 1. The molecule has 1 heterocycles.